The number of hydrogen-bond acceptors (Lipinski definition) is 3. The van der Waals surface area contributed by atoms with E-state index in [1.54, 1.807) is 0 Å². The second-order valence-corrected chi connectivity index (χ2v) is 6.51. The number of nitrogen functional groups attached to an aromatic ring is 1. The smallest absolute Gasteiger partial charge is 0.264 e. The van der Waals surface area contributed by atoms with Crippen molar-refractivity contribution >= 4 is 33.0 Å². The minimum absolute atomic E-state index is 0.0172. The molecule has 0 aromatic heterocycles. The molecule has 2 aromatic rings. The van der Waals surface area contributed by atoms with Gasteiger partial charge in [-0.05, 0) is 42.5 Å². The fourth-order valence-electron chi connectivity index (χ4n) is 1.62. The molecule has 20 heavy (non-hydrogen) atoms. The molecule has 0 saturated heterocycles. The van der Waals surface area contributed by atoms with Gasteiger partial charge in [0, 0.05) is 7.05 Å². The third-order valence-corrected chi connectivity index (χ3v) is 4.93. The van der Waals surface area contributed by atoms with E-state index in [-0.39, 0.29) is 9.92 Å². The highest BCUT2D eigenvalue weighted by Crippen LogP contribution is 2.26. The van der Waals surface area contributed by atoms with Crippen molar-refractivity contribution in [2.24, 2.45) is 0 Å². The number of benzene rings is 2. The topological polar surface area (TPSA) is 63.4 Å². The summed E-state index contributed by atoms with van der Waals surface area (Å²) in [7, 11) is -2.39. The average Bonchev–Trinajstić information content (AvgIpc) is 2.41. The third kappa shape index (κ3) is 2.71. The normalized spacial score (nSPS) is 11.3. The molecule has 2 rings (SSSR count). The van der Waals surface area contributed by atoms with Crippen molar-refractivity contribution in [2.45, 2.75) is 4.90 Å². The zero-order chi connectivity index (χ0) is 14.9. The van der Waals surface area contributed by atoms with Crippen LogP contribution < -0.4 is 10.0 Å². The van der Waals surface area contributed by atoms with E-state index in [9.17, 15) is 12.8 Å². The first-order chi connectivity index (χ1) is 9.32. The first kappa shape index (κ1) is 14.6. The molecule has 0 fully saturated rings. The number of hydrogen-bond donors (Lipinski definition) is 1. The molecule has 0 radical (unpaired) electrons. The Morgan fingerprint density at radius 2 is 1.75 bits per heavy atom. The molecule has 0 spiro atoms. The summed E-state index contributed by atoms with van der Waals surface area (Å²) in [5, 5.41) is 0.165. The summed E-state index contributed by atoms with van der Waals surface area (Å²) in [6.07, 6.45) is 0. The van der Waals surface area contributed by atoms with Crippen LogP contribution in [0.3, 0.4) is 0 Å². The zero-order valence-corrected chi connectivity index (χ0v) is 12.1. The number of anilines is 2. The van der Waals surface area contributed by atoms with Gasteiger partial charge in [-0.1, -0.05) is 11.6 Å². The molecular weight excluding hydrogens is 303 g/mol. The van der Waals surface area contributed by atoms with E-state index < -0.39 is 15.8 Å². The van der Waals surface area contributed by atoms with E-state index in [4.69, 9.17) is 17.3 Å². The Hall–Kier alpha value is -1.79. The molecule has 0 amide bonds. The van der Waals surface area contributed by atoms with Crippen molar-refractivity contribution in [2.75, 3.05) is 17.1 Å². The molecule has 0 aliphatic carbocycles. The molecule has 0 aliphatic heterocycles. The van der Waals surface area contributed by atoms with Gasteiger partial charge in [-0.3, -0.25) is 4.31 Å². The van der Waals surface area contributed by atoms with Crippen LogP contribution in [0.4, 0.5) is 15.8 Å². The van der Waals surface area contributed by atoms with E-state index in [1.807, 2.05) is 0 Å². The van der Waals surface area contributed by atoms with Crippen molar-refractivity contribution in [1.82, 2.24) is 0 Å². The first-order valence-corrected chi connectivity index (χ1v) is 7.43. The lowest BCUT2D eigenvalue weighted by Crippen LogP contribution is -2.26. The fraction of sp³-hybridized carbons (Fsp3) is 0.0769. The highest BCUT2D eigenvalue weighted by molar-refractivity contribution is 7.92. The Kier molecular flexibility index (Phi) is 3.87. The maximum absolute atomic E-state index is 12.9. The van der Waals surface area contributed by atoms with Crippen LogP contribution >= 0.6 is 11.6 Å². The number of nitrogens with zero attached hydrogens (tertiary/aromatic N) is 1. The summed E-state index contributed by atoms with van der Waals surface area (Å²) >= 11 is 5.83. The van der Waals surface area contributed by atoms with Crippen molar-refractivity contribution in [3.63, 3.8) is 0 Å². The van der Waals surface area contributed by atoms with Gasteiger partial charge < -0.3 is 5.73 Å². The predicted octanol–water partition coefficient (Wildman–Crippen LogP) is 2.89. The monoisotopic (exact) mass is 314 g/mol. The molecule has 0 aliphatic rings. The standard InChI is InChI=1S/C13H12ClFN2O2S/c1-17(10-4-2-9(15)3-5-10)20(18,19)11-6-7-13(16)12(14)8-11/h2-8H,16H2,1H3. The van der Waals surface area contributed by atoms with Gasteiger partial charge in [0.1, 0.15) is 5.82 Å². The molecule has 0 atom stereocenters. The second-order valence-electron chi connectivity index (χ2n) is 4.13. The summed E-state index contributed by atoms with van der Waals surface area (Å²) in [5.41, 5.74) is 6.20. The Morgan fingerprint density at radius 3 is 2.30 bits per heavy atom. The van der Waals surface area contributed by atoms with Gasteiger partial charge in [-0.15, -0.1) is 0 Å². The largest absolute Gasteiger partial charge is 0.398 e. The number of sulfonamides is 1. The summed E-state index contributed by atoms with van der Waals surface area (Å²) < 4.78 is 38.7. The van der Waals surface area contributed by atoms with Gasteiger partial charge >= 0.3 is 0 Å². The van der Waals surface area contributed by atoms with Crippen LogP contribution in [0.2, 0.25) is 5.02 Å². The summed E-state index contributed by atoms with van der Waals surface area (Å²) in [6, 6.07) is 9.22. The molecule has 0 heterocycles. The lowest BCUT2D eigenvalue weighted by Gasteiger charge is -2.19. The molecule has 0 saturated carbocycles. The Bertz CT molecular complexity index is 733. The molecule has 0 bridgehead atoms. The van der Waals surface area contributed by atoms with E-state index in [0.717, 1.165) is 4.31 Å². The van der Waals surface area contributed by atoms with Crippen LogP contribution in [0.1, 0.15) is 0 Å². The van der Waals surface area contributed by atoms with E-state index in [2.05, 4.69) is 0 Å². The minimum atomic E-state index is -3.77. The highest BCUT2D eigenvalue weighted by atomic mass is 35.5. The molecule has 106 valence electrons. The van der Waals surface area contributed by atoms with Gasteiger partial charge in [-0.25, -0.2) is 12.8 Å². The molecular formula is C13H12ClFN2O2S. The maximum atomic E-state index is 12.9. The van der Waals surface area contributed by atoms with Crippen molar-refractivity contribution in [1.29, 1.82) is 0 Å². The Balaban J connectivity index is 2.43. The zero-order valence-electron chi connectivity index (χ0n) is 10.5. The maximum Gasteiger partial charge on any atom is 0.264 e. The van der Waals surface area contributed by atoms with Gasteiger partial charge in [0.15, 0.2) is 0 Å². The molecule has 7 heteroatoms. The average molecular weight is 315 g/mol. The predicted molar refractivity (Wildman–Crippen MR) is 77.9 cm³/mol. The Morgan fingerprint density at radius 1 is 1.15 bits per heavy atom. The van der Waals surface area contributed by atoms with Crippen LogP contribution in [-0.2, 0) is 10.0 Å². The highest BCUT2D eigenvalue weighted by Gasteiger charge is 2.22. The fourth-order valence-corrected chi connectivity index (χ4v) is 3.08. The first-order valence-electron chi connectivity index (χ1n) is 5.62. The summed E-state index contributed by atoms with van der Waals surface area (Å²) in [5.74, 6) is -0.435. The van der Waals surface area contributed by atoms with Crippen molar-refractivity contribution in [3.05, 3.63) is 53.3 Å². The van der Waals surface area contributed by atoms with Crippen LogP contribution in [0.5, 0.6) is 0 Å². The van der Waals surface area contributed by atoms with Crippen LogP contribution in [0.25, 0.3) is 0 Å². The Labute approximate surface area is 121 Å². The van der Waals surface area contributed by atoms with Crippen LogP contribution in [0, 0.1) is 5.82 Å². The van der Waals surface area contributed by atoms with Crippen molar-refractivity contribution in [3.8, 4) is 0 Å². The van der Waals surface area contributed by atoms with Crippen LogP contribution in [-0.4, -0.2) is 15.5 Å². The number of rotatable bonds is 3. The third-order valence-electron chi connectivity index (χ3n) is 2.82. The van der Waals surface area contributed by atoms with Gasteiger partial charge in [-0.2, -0.15) is 0 Å². The van der Waals surface area contributed by atoms with E-state index in [1.165, 1.54) is 49.5 Å². The van der Waals surface area contributed by atoms with Crippen molar-refractivity contribution < 1.29 is 12.8 Å². The SMILES string of the molecule is CN(c1ccc(F)cc1)S(=O)(=O)c1ccc(N)c(Cl)c1. The second kappa shape index (κ2) is 5.30. The summed E-state index contributed by atoms with van der Waals surface area (Å²) in [4.78, 5) is 0.0172. The molecule has 2 aromatic carbocycles. The van der Waals surface area contributed by atoms with Gasteiger partial charge in [0.25, 0.3) is 10.0 Å². The minimum Gasteiger partial charge on any atom is -0.398 e. The number of halogens is 2. The summed E-state index contributed by atoms with van der Waals surface area (Å²) in [6.45, 7) is 0. The van der Waals surface area contributed by atoms with Crippen LogP contribution in [0.15, 0.2) is 47.4 Å². The molecule has 0 unspecified atom stereocenters. The molecule has 4 nitrogen and oxygen atoms in total. The quantitative estimate of drug-likeness (QED) is 0.886. The van der Waals surface area contributed by atoms with E-state index in [0.29, 0.717) is 11.4 Å². The van der Waals surface area contributed by atoms with E-state index >= 15 is 0 Å². The number of nitrogens with two attached hydrogens (primary N) is 1. The molecule has 2 N–H and O–H groups in total. The lowest BCUT2D eigenvalue weighted by molar-refractivity contribution is 0.594. The lowest BCUT2D eigenvalue weighted by atomic mass is 10.3. The van der Waals surface area contributed by atoms with Gasteiger partial charge in [0.05, 0.1) is 21.3 Å². The van der Waals surface area contributed by atoms with Gasteiger partial charge in [0.2, 0.25) is 0 Å².